The quantitative estimate of drug-likeness (QED) is 0.660. The lowest BCUT2D eigenvalue weighted by Crippen LogP contribution is -2.45. The van der Waals surface area contributed by atoms with Crippen LogP contribution in [0.2, 0.25) is 10.0 Å². The Labute approximate surface area is 156 Å². The zero-order valence-corrected chi connectivity index (χ0v) is 16.1. The van der Waals surface area contributed by atoms with Crippen LogP contribution in [0.25, 0.3) is 0 Å². The number of hydrogen-bond donors (Lipinski definition) is 1. The Morgan fingerprint density at radius 3 is 2.45 bits per heavy atom. The second-order valence-corrected chi connectivity index (χ2v) is 6.23. The standard InChI is InChI=1S/C16H24Cl2N2.2ClH/c1-2-3-4-8-15(20-11-9-19-10-12-20)13-6-5-7-14(17)16(13)18;;/h5-7,15,19H,2-4,8-12H2,1H3;2*1H/t15-;;/m1../s1. The molecule has 0 bridgehead atoms. The van der Waals surface area contributed by atoms with Gasteiger partial charge in [0.25, 0.3) is 0 Å². The summed E-state index contributed by atoms with van der Waals surface area (Å²) in [5.41, 5.74) is 1.19. The van der Waals surface area contributed by atoms with E-state index in [1.807, 2.05) is 12.1 Å². The number of benzene rings is 1. The van der Waals surface area contributed by atoms with Gasteiger partial charge in [0.15, 0.2) is 0 Å². The van der Waals surface area contributed by atoms with Gasteiger partial charge in [-0.25, -0.2) is 0 Å². The largest absolute Gasteiger partial charge is 0.314 e. The molecule has 1 aliphatic rings. The molecule has 22 heavy (non-hydrogen) atoms. The van der Waals surface area contributed by atoms with Crippen molar-refractivity contribution in [3.05, 3.63) is 33.8 Å². The van der Waals surface area contributed by atoms with Crippen LogP contribution >= 0.6 is 48.0 Å². The predicted molar refractivity (Wildman–Crippen MR) is 102 cm³/mol. The smallest absolute Gasteiger partial charge is 0.0640 e. The summed E-state index contributed by atoms with van der Waals surface area (Å²) >= 11 is 12.6. The molecule has 0 aliphatic carbocycles. The molecule has 2 nitrogen and oxygen atoms in total. The number of nitrogens with one attached hydrogen (secondary N) is 1. The molecular weight excluding hydrogens is 362 g/mol. The number of hydrogen-bond acceptors (Lipinski definition) is 2. The lowest BCUT2D eigenvalue weighted by atomic mass is 9.98. The lowest BCUT2D eigenvalue weighted by Gasteiger charge is -2.36. The first kappa shape index (κ1) is 22.3. The number of nitrogens with zero attached hydrogens (tertiary/aromatic N) is 1. The summed E-state index contributed by atoms with van der Waals surface area (Å²) in [5.74, 6) is 0. The Bertz CT molecular complexity index is 423. The minimum Gasteiger partial charge on any atom is -0.314 e. The summed E-state index contributed by atoms with van der Waals surface area (Å²) in [6, 6.07) is 6.41. The average molecular weight is 388 g/mol. The molecular formula is C16H26Cl4N2. The van der Waals surface area contributed by atoms with Crippen LogP contribution < -0.4 is 5.32 Å². The average Bonchev–Trinajstić information content (AvgIpc) is 2.48. The molecule has 128 valence electrons. The first-order valence-electron chi connectivity index (χ1n) is 7.62. The highest BCUT2D eigenvalue weighted by atomic mass is 35.5. The zero-order valence-electron chi connectivity index (χ0n) is 13.0. The van der Waals surface area contributed by atoms with Crippen LogP contribution in [0.4, 0.5) is 0 Å². The van der Waals surface area contributed by atoms with Gasteiger partial charge < -0.3 is 5.32 Å². The van der Waals surface area contributed by atoms with Crippen LogP contribution in [0.3, 0.4) is 0 Å². The zero-order chi connectivity index (χ0) is 14.4. The van der Waals surface area contributed by atoms with Gasteiger partial charge in [-0.1, -0.05) is 61.5 Å². The Balaban J connectivity index is 0.00000220. The normalized spacial score (nSPS) is 16.5. The molecule has 0 radical (unpaired) electrons. The van der Waals surface area contributed by atoms with Crippen molar-refractivity contribution in [1.29, 1.82) is 0 Å². The molecule has 2 rings (SSSR count). The fraction of sp³-hybridized carbons (Fsp3) is 0.625. The van der Waals surface area contributed by atoms with Gasteiger partial charge in [0.1, 0.15) is 0 Å². The van der Waals surface area contributed by atoms with E-state index in [2.05, 4.69) is 23.2 Å². The van der Waals surface area contributed by atoms with Crippen LogP contribution in [0.1, 0.15) is 44.2 Å². The second kappa shape index (κ2) is 11.8. The minimum absolute atomic E-state index is 0. The highest BCUT2D eigenvalue weighted by Gasteiger charge is 2.24. The molecule has 1 N–H and O–H groups in total. The van der Waals surface area contributed by atoms with Gasteiger partial charge >= 0.3 is 0 Å². The highest BCUT2D eigenvalue weighted by Crippen LogP contribution is 2.35. The van der Waals surface area contributed by atoms with Crippen molar-refractivity contribution >= 4 is 48.0 Å². The first-order valence-corrected chi connectivity index (χ1v) is 8.38. The molecule has 1 heterocycles. The van der Waals surface area contributed by atoms with E-state index in [0.717, 1.165) is 37.6 Å². The summed E-state index contributed by atoms with van der Waals surface area (Å²) in [6.45, 7) is 6.52. The van der Waals surface area contributed by atoms with Crippen LogP contribution in [0.5, 0.6) is 0 Å². The lowest BCUT2D eigenvalue weighted by molar-refractivity contribution is 0.163. The summed E-state index contributed by atoms with van der Waals surface area (Å²) in [4.78, 5) is 2.55. The van der Waals surface area contributed by atoms with Crippen molar-refractivity contribution in [2.75, 3.05) is 26.2 Å². The van der Waals surface area contributed by atoms with E-state index in [-0.39, 0.29) is 24.8 Å². The molecule has 1 aromatic carbocycles. The molecule has 1 atom stereocenters. The van der Waals surface area contributed by atoms with E-state index in [1.165, 1.54) is 24.8 Å². The maximum Gasteiger partial charge on any atom is 0.0640 e. The van der Waals surface area contributed by atoms with Crippen LogP contribution in [0.15, 0.2) is 18.2 Å². The fourth-order valence-corrected chi connectivity index (χ4v) is 3.33. The Morgan fingerprint density at radius 1 is 1.14 bits per heavy atom. The molecule has 1 saturated heterocycles. The molecule has 1 aromatic rings. The van der Waals surface area contributed by atoms with Gasteiger partial charge in [-0.05, 0) is 18.1 Å². The fourth-order valence-electron chi connectivity index (χ4n) is 2.89. The summed E-state index contributed by atoms with van der Waals surface area (Å²) in [6.07, 6.45) is 4.93. The minimum atomic E-state index is 0. The molecule has 0 aromatic heterocycles. The van der Waals surface area contributed by atoms with E-state index in [4.69, 9.17) is 23.2 Å². The van der Waals surface area contributed by atoms with Crippen molar-refractivity contribution < 1.29 is 0 Å². The van der Waals surface area contributed by atoms with E-state index < -0.39 is 0 Å². The molecule has 0 spiro atoms. The van der Waals surface area contributed by atoms with Crippen LogP contribution in [-0.4, -0.2) is 31.1 Å². The molecule has 0 saturated carbocycles. The third kappa shape index (κ3) is 6.07. The van der Waals surface area contributed by atoms with Crippen LogP contribution in [-0.2, 0) is 0 Å². The van der Waals surface area contributed by atoms with Crippen molar-refractivity contribution in [1.82, 2.24) is 10.2 Å². The molecule has 1 fully saturated rings. The molecule has 0 amide bonds. The van der Waals surface area contributed by atoms with E-state index in [9.17, 15) is 0 Å². The summed E-state index contributed by atoms with van der Waals surface area (Å²) in [7, 11) is 0. The second-order valence-electron chi connectivity index (χ2n) is 5.44. The Hall–Kier alpha value is 0.300. The first-order chi connectivity index (χ1) is 9.74. The highest BCUT2D eigenvalue weighted by molar-refractivity contribution is 6.42. The van der Waals surface area contributed by atoms with E-state index in [0.29, 0.717) is 11.1 Å². The predicted octanol–water partition coefficient (Wildman–Crippen LogP) is 5.36. The van der Waals surface area contributed by atoms with Crippen molar-refractivity contribution in [2.45, 2.75) is 38.6 Å². The number of halogens is 4. The number of piperazine rings is 1. The van der Waals surface area contributed by atoms with Crippen molar-refractivity contribution in [2.24, 2.45) is 0 Å². The Kier molecular flexibility index (Phi) is 11.9. The van der Waals surface area contributed by atoms with Gasteiger partial charge in [-0.2, -0.15) is 0 Å². The van der Waals surface area contributed by atoms with E-state index >= 15 is 0 Å². The monoisotopic (exact) mass is 386 g/mol. The van der Waals surface area contributed by atoms with Gasteiger partial charge in [-0.15, -0.1) is 24.8 Å². The van der Waals surface area contributed by atoms with Gasteiger partial charge in [-0.3, -0.25) is 4.90 Å². The Morgan fingerprint density at radius 2 is 1.82 bits per heavy atom. The third-order valence-corrected chi connectivity index (χ3v) is 4.85. The topological polar surface area (TPSA) is 15.3 Å². The van der Waals surface area contributed by atoms with Gasteiger partial charge in [0.2, 0.25) is 0 Å². The van der Waals surface area contributed by atoms with Gasteiger partial charge in [0.05, 0.1) is 10.0 Å². The van der Waals surface area contributed by atoms with Crippen molar-refractivity contribution in [3.8, 4) is 0 Å². The number of unbranched alkanes of at least 4 members (excludes halogenated alkanes) is 2. The maximum atomic E-state index is 6.45. The number of rotatable bonds is 6. The molecule has 6 heteroatoms. The van der Waals surface area contributed by atoms with E-state index in [1.54, 1.807) is 0 Å². The third-order valence-electron chi connectivity index (χ3n) is 4.01. The summed E-state index contributed by atoms with van der Waals surface area (Å²) in [5, 5.41) is 4.81. The van der Waals surface area contributed by atoms with Crippen molar-refractivity contribution in [3.63, 3.8) is 0 Å². The SMILES string of the molecule is CCCCC[C@H](c1cccc(Cl)c1Cl)N1CCNCC1.Cl.Cl. The summed E-state index contributed by atoms with van der Waals surface area (Å²) < 4.78 is 0. The van der Waals surface area contributed by atoms with Crippen LogP contribution in [0, 0.1) is 0 Å². The molecule has 0 unspecified atom stereocenters. The van der Waals surface area contributed by atoms with Gasteiger partial charge in [0, 0.05) is 32.2 Å². The maximum absolute atomic E-state index is 6.45. The molecule has 1 aliphatic heterocycles.